The van der Waals surface area contributed by atoms with Gasteiger partial charge in [0.2, 0.25) is 0 Å². The van der Waals surface area contributed by atoms with Crippen molar-refractivity contribution in [1.29, 1.82) is 0 Å². The van der Waals surface area contributed by atoms with Crippen LogP contribution in [0, 0.1) is 17.8 Å². The van der Waals surface area contributed by atoms with Gasteiger partial charge in [-0.05, 0) is 63.1 Å². The van der Waals surface area contributed by atoms with E-state index in [0.717, 1.165) is 17.8 Å². The van der Waals surface area contributed by atoms with Gasteiger partial charge in [0.25, 0.3) is 0 Å². The monoisotopic (exact) mass is 234 g/mol. The lowest BCUT2D eigenvalue weighted by Gasteiger charge is -2.27. The van der Waals surface area contributed by atoms with E-state index in [0.29, 0.717) is 0 Å². The van der Waals surface area contributed by atoms with E-state index in [9.17, 15) is 0 Å². The van der Waals surface area contributed by atoms with Gasteiger partial charge in [-0.15, -0.1) is 0 Å². The number of allylic oxidation sites excluding steroid dienone is 2. The number of hydrogen-bond donors (Lipinski definition) is 1. The molecule has 17 heavy (non-hydrogen) atoms. The zero-order valence-corrected chi connectivity index (χ0v) is 10.9. The fourth-order valence-electron chi connectivity index (χ4n) is 3.84. The van der Waals surface area contributed by atoms with Crippen LogP contribution in [-0.2, 0) is 0 Å². The molecule has 0 aromatic carbocycles. The highest BCUT2D eigenvalue weighted by atomic mass is 15.1. The molecule has 0 spiro atoms. The summed E-state index contributed by atoms with van der Waals surface area (Å²) < 4.78 is 0. The second-order valence-corrected chi connectivity index (χ2v) is 6.15. The van der Waals surface area contributed by atoms with Crippen molar-refractivity contribution in [2.24, 2.45) is 17.8 Å². The van der Waals surface area contributed by atoms with E-state index in [1.54, 1.807) is 0 Å². The number of nitrogens with one attached hydrogen (secondary N) is 1. The van der Waals surface area contributed by atoms with Gasteiger partial charge in [-0.25, -0.2) is 0 Å². The molecule has 3 unspecified atom stereocenters. The topological polar surface area (TPSA) is 15.3 Å². The summed E-state index contributed by atoms with van der Waals surface area (Å²) in [6.45, 7) is 6.37. The summed E-state index contributed by atoms with van der Waals surface area (Å²) in [6, 6.07) is 0. The Hall–Kier alpha value is -0.340. The molecule has 1 N–H and O–H groups in total. The van der Waals surface area contributed by atoms with Crippen molar-refractivity contribution < 1.29 is 0 Å². The molecule has 3 rings (SSSR count). The number of hydrogen-bond acceptors (Lipinski definition) is 2. The Kier molecular flexibility index (Phi) is 3.82. The summed E-state index contributed by atoms with van der Waals surface area (Å²) in [5, 5.41) is 3.68. The maximum absolute atomic E-state index is 3.68. The van der Waals surface area contributed by atoms with Gasteiger partial charge in [-0.1, -0.05) is 18.6 Å². The quantitative estimate of drug-likeness (QED) is 0.580. The zero-order valence-electron chi connectivity index (χ0n) is 10.9. The van der Waals surface area contributed by atoms with Gasteiger partial charge in [0.05, 0.1) is 0 Å². The lowest BCUT2D eigenvalue weighted by atomic mass is 9.94. The Morgan fingerprint density at radius 1 is 1.06 bits per heavy atom. The molecule has 1 aliphatic heterocycles. The SMILES string of the molecule is C1=CC2CC1CC2CNCCN1CCCCC1. The molecule has 0 aromatic rings. The number of likely N-dealkylation sites (tertiary alicyclic amines) is 1. The molecule has 2 fully saturated rings. The molecule has 0 radical (unpaired) electrons. The molecule has 3 aliphatic rings. The van der Waals surface area contributed by atoms with Crippen LogP contribution in [-0.4, -0.2) is 37.6 Å². The van der Waals surface area contributed by atoms with Crippen molar-refractivity contribution in [2.45, 2.75) is 32.1 Å². The van der Waals surface area contributed by atoms with E-state index < -0.39 is 0 Å². The highest BCUT2D eigenvalue weighted by molar-refractivity contribution is 5.10. The minimum absolute atomic E-state index is 0.905. The lowest BCUT2D eigenvalue weighted by Crippen LogP contribution is -2.37. The molecule has 2 heteroatoms. The standard InChI is InChI=1S/C15H26N2/c1-2-7-17(8-3-1)9-6-16-12-15-11-13-4-5-14(15)10-13/h4-5,13-16H,1-3,6-12H2. The largest absolute Gasteiger partial charge is 0.315 e. The predicted molar refractivity (Wildman–Crippen MR) is 72.0 cm³/mol. The molecule has 1 saturated heterocycles. The number of rotatable bonds is 5. The third-order valence-electron chi connectivity index (χ3n) is 4.88. The molecule has 2 bridgehead atoms. The van der Waals surface area contributed by atoms with Crippen molar-refractivity contribution in [2.75, 3.05) is 32.7 Å². The average molecular weight is 234 g/mol. The first kappa shape index (κ1) is 11.7. The molecule has 2 aliphatic carbocycles. The summed E-state index contributed by atoms with van der Waals surface area (Å²) in [5.41, 5.74) is 0. The van der Waals surface area contributed by atoms with Crippen LogP contribution in [0.1, 0.15) is 32.1 Å². The molecule has 96 valence electrons. The normalized spacial score (nSPS) is 36.8. The number of nitrogens with zero attached hydrogens (tertiary/aromatic N) is 1. The van der Waals surface area contributed by atoms with E-state index in [-0.39, 0.29) is 0 Å². The Morgan fingerprint density at radius 3 is 2.65 bits per heavy atom. The Labute approximate surface area is 105 Å². The third-order valence-corrected chi connectivity index (χ3v) is 4.88. The molecule has 1 heterocycles. The molecule has 2 nitrogen and oxygen atoms in total. The van der Waals surface area contributed by atoms with E-state index in [1.165, 1.54) is 64.8 Å². The van der Waals surface area contributed by atoms with Gasteiger partial charge in [-0.2, -0.15) is 0 Å². The molecule has 1 saturated carbocycles. The predicted octanol–water partition coefficient (Wildman–Crippen LogP) is 2.27. The second-order valence-electron chi connectivity index (χ2n) is 6.15. The highest BCUT2D eigenvalue weighted by Crippen LogP contribution is 2.42. The van der Waals surface area contributed by atoms with Crippen LogP contribution in [0.25, 0.3) is 0 Å². The molecule has 0 aromatic heterocycles. The molecule has 3 atom stereocenters. The third kappa shape index (κ3) is 2.92. The minimum atomic E-state index is 0.905. The minimum Gasteiger partial charge on any atom is -0.315 e. The highest BCUT2D eigenvalue weighted by Gasteiger charge is 2.34. The summed E-state index contributed by atoms with van der Waals surface area (Å²) >= 11 is 0. The summed E-state index contributed by atoms with van der Waals surface area (Å²) in [6.07, 6.45) is 12.1. The van der Waals surface area contributed by atoms with E-state index in [1.807, 2.05) is 0 Å². The summed E-state index contributed by atoms with van der Waals surface area (Å²) in [4.78, 5) is 2.62. The van der Waals surface area contributed by atoms with Gasteiger partial charge in [0.15, 0.2) is 0 Å². The molecule has 0 amide bonds. The van der Waals surface area contributed by atoms with Crippen molar-refractivity contribution in [3.8, 4) is 0 Å². The Morgan fingerprint density at radius 2 is 1.94 bits per heavy atom. The van der Waals surface area contributed by atoms with Gasteiger partial charge in [-0.3, -0.25) is 0 Å². The van der Waals surface area contributed by atoms with Crippen LogP contribution >= 0.6 is 0 Å². The van der Waals surface area contributed by atoms with Gasteiger partial charge < -0.3 is 10.2 Å². The van der Waals surface area contributed by atoms with E-state index in [4.69, 9.17) is 0 Å². The fraction of sp³-hybridized carbons (Fsp3) is 0.867. The van der Waals surface area contributed by atoms with Crippen molar-refractivity contribution in [1.82, 2.24) is 10.2 Å². The van der Waals surface area contributed by atoms with Gasteiger partial charge >= 0.3 is 0 Å². The first-order valence-corrected chi connectivity index (χ1v) is 7.53. The maximum Gasteiger partial charge on any atom is 0.0107 e. The smallest absolute Gasteiger partial charge is 0.0107 e. The molecular formula is C15H26N2. The first-order valence-electron chi connectivity index (χ1n) is 7.53. The molecular weight excluding hydrogens is 208 g/mol. The van der Waals surface area contributed by atoms with Gasteiger partial charge in [0, 0.05) is 13.1 Å². The van der Waals surface area contributed by atoms with Crippen molar-refractivity contribution in [3.05, 3.63) is 12.2 Å². The lowest BCUT2D eigenvalue weighted by molar-refractivity contribution is 0.227. The van der Waals surface area contributed by atoms with Crippen LogP contribution in [0.15, 0.2) is 12.2 Å². The van der Waals surface area contributed by atoms with Crippen molar-refractivity contribution in [3.63, 3.8) is 0 Å². The maximum atomic E-state index is 3.68. The summed E-state index contributed by atoms with van der Waals surface area (Å²) in [7, 11) is 0. The zero-order chi connectivity index (χ0) is 11.5. The van der Waals surface area contributed by atoms with Crippen LogP contribution in [0.2, 0.25) is 0 Å². The summed E-state index contributed by atoms with van der Waals surface area (Å²) in [5.74, 6) is 2.77. The number of fused-ring (bicyclic) bond motifs is 2. The fourth-order valence-corrected chi connectivity index (χ4v) is 3.84. The first-order chi connectivity index (χ1) is 8.42. The van der Waals surface area contributed by atoms with E-state index in [2.05, 4.69) is 22.4 Å². The van der Waals surface area contributed by atoms with Crippen LogP contribution in [0.5, 0.6) is 0 Å². The van der Waals surface area contributed by atoms with Crippen molar-refractivity contribution >= 4 is 0 Å². The Balaban J connectivity index is 1.29. The second kappa shape index (κ2) is 5.53. The van der Waals surface area contributed by atoms with Crippen LogP contribution in [0.4, 0.5) is 0 Å². The number of piperidine rings is 1. The van der Waals surface area contributed by atoms with Gasteiger partial charge in [0.1, 0.15) is 0 Å². The van der Waals surface area contributed by atoms with Crippen LogP contribution < -0.4 is 5.32 Å². The average Bonchev–Trinajstić information content (AvgIpc) is 2.98. The van der Waals surface area contributed by atoms with E-state index >= 15 is 0 Å². The van der Waals surface area contributed by atoms with Crippen LogP contribution in [0.3, 0.4) is 0 Å². The Bertz CT molecular complexity index is 268.